The van der Waals surface area contributed by atoms with Crippen LogP contribution in [-0.4, -0.2) is 4.98 Å². The lowest BCUT2D eigenvalue weighted by atomic mass is 10.2. The fourth-order valence-electron chi connectivity index (χ4n) is 0.863. The molecule has 1 heterocycles. The van der Waals surface area contributed by atoms with E-state index in [1.807, 2.05) is 0 Å². The van der Waals surface area contributed by atoms with Crippen molar-refractivity contribution in [1.82, 2.24) is 4.98 Å². The summed E-state index contributed by atoms with van der Waals surface area (Å²) in [6.07, 6.45) is -2.83. The second-order valence-corrected chi connectivity index (χ2v) is 3.40. The Morgan fingerprint density at radius 3 is 2.62 bits per heavy atom. The molecule has 13 heavy (non-hydrogen) atoms. The minimum absolute atomic E-state index is 0.123. The minimum atomic E-state index is -2.83. The standard InChI is InChI=1S/C7H6F3IN2/c8-6-3(7(9)10)1-5(11)13-4(6)2-12/h1,7H,2,12H2. The number of alkyl halides is 2. The Balaban J connectivity index is 3.27. The summed E-state index contributed by atoms with van der Waals surface area (Å²) < 4.78 is 37.8. The van der Waals surface area contributed by atoms with Gasteiger partial charge in [0.1, 0.15) is 3.70 Å². The van der Waals surface area contributed by atoms with Crippen LogP contribution in [0.1, 0.15) is 17.7 Å². The number of pyridine rings is 1. The van der Waals surface area contributed by atoms with E-state index in [1.54, 1.807) is 22.6 Å². The Morgan fingerprint density at radius 2 is 2.15 bits per heavy atom. The van der Waals surface area contributed by atoms with E-state index in [4.69, 9.17) is 5.73 Å². The quantitative estimate of drug-likeness (QED) is 0.672. The molecule has 0 aliphatic heterocycles. The number of nitrogens with two attached hydrogens (primary N) is 1. The van der Waals surface area contributed by atoms with Crippen LogP contribution in [0, 0.1) is 9.52 Å². The number of rotatable bonds is 2. The van der Waals surface area contributed by atoms with E-state index < -0.39 is 17.8 Å². The van der Waals surface area contributed by atoms with Crippen molar-refractivity contribution in [3.63, 3.8) is 0 Å². The lowest BCUT2D eigenvalue weighted by Gasteiger charge is -2.05. The molecular formula is C7H6F3IN2. The average molecular weight is 302 g/mol. The first kappa shape index (κ1) is 10.7. The summed E-state index contributed by atoms with van der Waals surface area (Å²) in [4.78, 5) is 3.69. The molecule has 0 radical (unpaired) electrons. The van der Waals surface area contributed by atoms with Crippen molar-refractivity contribution in [2.75, 3.05) is 0 Å². The topological polar surface area (TPSA) is 38.9 Å². The highest BCUT2D eigenvalue weighted by Crippen LogP contribution is 2.24. The fraction of sp³-hybridized carbons (Fsp3) is 0.286. The van der Waals surface area contributed by atoms with E-state index in [0.29, 0.717) is 3.70 Å². The van der Waals surface area contributed by atoms with E-state index in [2.05, 4.69) is 4.98 Å². The summed E-state index contributed by atoms with van der Waals surface area (Å²) in [5.41, 5.74) is 4.38. The van der Waals surface area contributed by atoms with Gasteiger partial charge >= 0.3 is 0 Å². The van der Waals surface area contributed by atoms with Crippen LogP contribution < -0.4 is 5.73 Å². The van der Waals surface area contributed by atoms with E-state index in [0.717, 1.165) is 6.07 Å². The third-order valence-electron chi connectivity index (χ3n) is 1.45. The van der Waals surface area contributed by atoms with Gasteiger partial charge in [0, 0.05) is 6.54 Å². The number of aromatic nitrogens is 1. The van der Waals surface area contributed by atoms with Crippen LogP contribution >= 0.6 is 22.6 Å². The maximum Gasteiger partial charge on any atom is 0.266 e. The molecule has 0 unspecified atom stereocenters. The first-order valence-corrected chi connectivity index (χ1v) is 4.47. The number of hydrogen-bond donors (Lipinski definition) is 1. The SMILES string of the molecule is NCc1nc(I)cc(C(F)F)c1F. The highest BCUT2D eigenvalue weighted by atomic mass is 127. The maximum absolute atomic E-state index is 13.1. The first-order chi connectivity index (χ1) is 6.06. The van der Waals surface area contributed by atoms with Gasteiger partial charge in [0.05, 0.1) is 11.3 Å². The van der Waals surface area contributed by atoms with Gasteiger partial charge in [-0.25, -0.2) is 18.2 Å². The van der Waals surface area contributed by atoms with Gasteiger partial charge in [0.15, 0.2) is 5.82 Å². The second-order valence-electron chi connectivity index (χ2n) is 2.30. The van der Waals surface area contributed by atoms with Crippen molar-refractivity contribution in [2.45, 2.75) is 13.0 Å². The lowest BCUT2D eigenvalue weighted by molar-refractivity contribution is 0.145. The summed E-state index contributed by atoms with van der Waals surface area (Å²) in [6.45, 7) is -0.178. The van der Waals surface area contributed by atoms with Crippen molar-refractivity contribution in [3.8, 4) is 0 Å². The third kappa shape index (κ3) is 2.31. The van der Waals surface area contributed by atoms with E-state index >= 15 is 0 Å². The van der Waals surface area contributed by atoms with Crippen LogP contribution in [0.4, 0.5) is 13.2 Å². The lowest BCUT2D eigenvalue weighted by Crippen LogP contribution is -2.07. The van der Waals surface area contributed by atoms with Crippen LogP contribution in [0.25, 0.3) is 0 Å². The maximum atomic E-state index is 13.1. The van der Waals surface area contributed by atoms with E-state index in [-0.39, 0.29) is 12.2 Å². The molecule has 0 atom stereocenters. The van der Waals surface area contributed by atoms with Crippen molar-refractivity contribution < 1.29 is 13.2 Å². The molecule has 0 saturated carbocycles. The van der Waals surface area contributed by atoms with Gasteiger partial charge < -0.3 is 5.73 Å². The zero-order valence-electron chi connectivity index (χ0n) is 6.40. The molecule has 2 nitrogen and oxygen atoms in total. The van der Waals surface area contributed by atoms with Gasteiger partial charge in [0.2, 0.25) is 0 Å². The Kier molecular flexibility index (Phi) is 3.48. The van der Waals surface area contributed by atoms with E-state index in [1.165, 1.54) is 0 Å². The molecule has 0 aromatic carbocycles. The minimum Gasteiger partial charge on any atom is -0.325 e. The van der Waals surface area contributed by atoms with Crippen molar-refractivity contribution in [3.05, 3.63) is 26.8 Å². The van der Waals surface area contributed by atoms with Crippen LogP contribution in [0.2, 0.25) is 0 Å². The predicted octanol–water partition coefficient (Wildman–Crippen LogP) is 2.22. The van der Waals surface area contributed by atoms with Crippen LogP contribution in [0.15, 0.2) is 6.07 Å². The van der Waals surface area contributed by atoms with Gasteiger partial charge in [-0.2, -0.15) is 0 Å². The van der Waals surface area contributed by atoms with Crippen LogP contribution in [0.5, 0.6) is 0 Å². The van der Waals surface area contributed by atoms with Crippen molar-refractivity contribution in [2.24, 2.45) is 5.73 Å². The molecule has 0 aliphatic rings. The molecular weight excluding hydrogens is 296 g/mol. The zero-order valence-corrected chi connectivity index (χ0v) is 8.56. The van der Waals surface area contributed by atoms with Crippen molar-refractivity contribution >= 4 is 22.6 Å². The molecule has 1 aromatic heterocycles. The van der Waals surface area contributed by atoms with Crippen LogP contribution in [-0.2, 0) is 6.54 Å². The largest absolute Gasteiger partial charge is 0.325 e. The van der Waals surface area contributed by atoms with Crippen LogP contribution in [0.3, 0.4) is 0 Å². The molecule has 72 valence electrons. The van der Waals surface area contributed by atoms with Gasteiger partial charge in [-0.3, -0.25) is 0 Å². The molecule has 6 heteroatoms. The summed E-state index contributed by atoms with van der Waals surface area (Å²) >= 11 is 1.74. The number of hydrogen-bond acceptors (Lipinski definition) is 2. The monoisotopic (exact) mass is 302 g/mol. The number of nitrogens with zero attached hydrogens (tertiary/aromatic N) is 1. The summed E-state index contributed by atoms with van der Waals surface area (Å²) in [6, 6.07) is 1.01. The highest BCUT2D eigenvalue weighted by molar-refractivity contribution is 14.1. The molecule has 0 fully saturated rings. The molecule has 0 bridgehead atoms. The molecule has 1 rings (SSSR count). The zero-order chi connectivity index (χ0) is 10.0. The Hall–Kier alpha value is -0.370. The predicted molar refractivity (Wildman–Crippen MR) is 49.8 cm³/mol. The fourth-order valence-corrected chi connectivity index (χ4v) is 1.49. The molecule has 0 aliphatic carbocycles. The Bertz CT molecular complexity index is 317. The summed E-state index contributed by atoms with van der Waals surface area (Å²) in [5.74, 6) is -1.00. The highest BCUT2D eigenvalue weighted by Gasteiger charge is 2.17. The van der Waals surface area contributed by atoms with Gasteiger partial charge in [-0.15, -0.1) is 0 Å². The molecule has 1 aromatic rings. The van der Waals surface area contributed by atoms with Crippen molar-refractivity contribution in [1.29, 1.82) is 0 Å². The van der Waals surface area contributed by atoms with Gasteiger partial charge in [-0.1, -0.05) is 0 Å². The van der Waals surface area contributed by atoms with E-state index in [9.17, 15) is 13.2 Å². The molecule has 0 spiro atoms. The Morgan fingerprint density at radius 1 is 1.54 bits per heavy atom. The molecule has 0 amide bonds. The summed E-state index contributed by atoms with van der Waals surface area (Å²) in [7, 11) is 0. The molecule has 0 saturated heterocycles. The normalized spacial score (nSPS) is 10.9. The third-order valence-corrected chi connectivity index (χ3v) is 2.00. The summed E-state index contributed by atoms with van der Waals surface area (Å²) in [5, 5.41) is 0. The smallest absolute Gasteiger partial charge is 0.266 e. The van der Waals surface area contributed by atoms with Gasteiger partial charge in [0.25, 0.3) is 6.43 Å². The first-order valence-electron chi connectivity index (χ1n) is 3.39. The number of halogens is 4. The Labute approximate surface area is 86.5 Å². The molecule has 2 N–H and O–H groups in total. The second kappa shape index (κ2) is 4.23. The average Bonchev–Trinajstić information content (AvgIpc) is 2.08. The van der Waals surface area contributed by atoms with Gasteiger partial charge in [-0.05, 0) is 28.7 Å².